The van der Waals surface area contributed by atoms with Gasteiger partial charge in [0.1, 0.15) is 0 Å². The number of hydrogen-bond donors (Lipinski definition) is 0. The van der Waals surface area contributed by atoms with Crippen LogP contribution in [0.3, 0.4) is 0 Å². The zero-order chi connectivity index (χ0) is 13.3. The van der Waals surface area contributed by atoms with Crippen molar-refractivity contribution in [2.24, 2.45) is 10.2 Å². The molecule has 1 atom stereocenters. The molecular formula is C14H19N3S. The third-order valence-corrected chi connectivity index (χ3v) is 3.53. The van der Waals surface area contributed by atoms with Gasteiger partial charge in [0.15, 0.2) is 6.17 Å². The zero-order valence-electron chi connectivity index (χ0n) is 11.3. The summed E-state index contributed by atoms with van der Waals surface area (Å²) in [6.45, 7) is 9.54. The monoisotopic (exact) mass is 261 g/mol. The first-order valence-electron chi connectivity index (χ1n) is 6.25. The van der Waals surface area contributed by atoms with Gasteiger partial charge in [-0.2, -0.15) is 5.11 Å². The predicted molar refractivity (Wildman–Crippen MR) is 77.7 cm³/mol. The lowest BCUT2D eigenvalue weighted by Gasteiger charge is -2.23. The van der Waals surface area contributed by atoms with E-state index >= 15 is 0 Å². The highest BCUT2D eigenvalue weighted by molar-refractivity contribution is 7.80. The van der Waals surface area contributed by atoms with E-state index in [1.165, 1.54) is 5.56 Å². The normalized spacial score (nSPS) is 19.7. The lowest BCUT2D eigenvalue weighted by molar-refractivity contribution is 0.364. The molecule has 1 heterocycles. The van der Waals surface area contributed by atoms with Gasteiger partial charge in [0.2, 0.25) is 5.11 Å². The van der Waals surface area contributed by atoms with E-state index in [0.717, 1.165) is 12.1 Å². The number of rotatable bonds is 2. The van der Waals surface area contributed by atoms with Crippen molar-refractivity contribution >= 4 is 17.3 Å². The number of nitrogens with zero attached hydrogens (tertiary/aromatic N) is 3. The van der Waals surface area contributed by atoms with Crippen LogP contribution < -0.4 is 0 Å². The average Bonchev–Trinajstić information content (AvgIpc) is 2.69. The van der Waals surface area contributed by atoms with Crippen molar-refractivity contribution in [3.63, 3.8) is 0 Å². The topological polar surface area (TPSA) is 28.0 Å². The van der Waals surface area contributed by atoms with Crippen LogP contribution in [0.2, 0.25) is 0 Å². The summed E-state index contributed by atoms with van der Waals surface area (Å²) in [6.07, 6.45) is -0.0449. The van der Waals surface area contributed by atoms with Crippen molar-refractivity contribution in [2.45, 2.75) is 39.3 Å². The number of hydrogen-bond acceptors (Lipinski definition) is 2. The van der Waals surface area contributed by atoms with E-state index in [-0.39, 0.29) is 11.6 Å². The molecule has 0 aromatic heterocycles. The Hall–Kier alpha value is -1.29. The third-order valence-electron chi connectivity index (χ3n) is 3.21. The van der Waals surface area contributed by atoms with Crippen LogP contribution >= 0.6 is 12.2 Å². The van der Waals surface area contributed by atoms with Gasteiger partial charge in [0.05, 0.1) is 0 Å². The predicted octanol–water partition coefficient (Wildman–Crippen LogP) is 4.06. The summed E-state index contributed by atoms with van der Waals surface area (Å²) in [4.78, 5) is 2.03. The van der Waals surface area contributed by atoms with Gasteiger partial charge >= 0.3 is 0 Å². The molecule has 3 nitrogen and oxygen atoms in total. The van der Waals surface area contributed by atoms with Crippen LogP contribution in [0.5, 0.6) is 0 Å². The van der Waals surface area contributed by atoms with Gasteiger partial charge in [-0.05, 0) is 35.7 Å². The molecule has 0 fully saturated rings. The zero-order valence-corrected chi connectivity index (χ0v) is 12.2. The Kier molecular flexibility index (Phi) is 3.48. The van der Waals surface area contributed by atoms with Gasteiger partial charge in [0, 0.05) is 6.54 Å². The fourth-order valence-corrected chi connectivity index (χ4v) is 2.31. The summed E-state index contributed by atoms with van der Waals surface area (Å²) in [7, 11) is 0. The molecule has 1 aliphatic heterocycles. The maximum atomic E-state index is 5.17. The van der Waals surface area contributed by atoms with Crippen LogP contribution in [0.4, 0.5) is 0 Å². The van der Waals surface area contributed by atoms with E-state index in [1.807, 2.05) is 4.90 Å². The molecule has 4 heteroatoms. The molecule has 18 heavy (non-hydrogen) atoms. The van der Waals surface area contributed by atoms with Crippen LogP contribution in [0.1, 0.15) is 45.0 Å². The Labute approximate surface area is 114 Å². The standard InChI is InChI=1S/C14H19N3S/c1-5-17-12(15-16-13(17)18)10-6-8-11(9-7-10)14(2,3)4/h6-9,12H,5H2,1-4H3. The van der Waals surface area contributed by atoms with Crippen molar-refractivity contribution in [2.75, 3.05) is 6.54 Å². The summed E-state index contributed by atoms with van der Waals surface area (Å²) in [5.41, 5.74) is 2.65. The quantitative estimate of drug-likeness (QED) is 0.751. The highest BCUT2D eigenvalue weighted by Gasteiger charge is 2.26. The highest BCUT2D eigenvalue weighted by atomic mass is 32.1. The molecule has 0 amide bonds. The Morgan fingerprint density at radius 2 is 1.83 bits per heavy atom. The van der Waals surface area contributed by atoms with Crippen LogP contribution in [0.15, 0.2) is 34.5 Å². The molecule has 0 radical (unpaired) electrons. The van der Waals surface area contributed by atoms with Crippen molar-refractivity contribution in [1.82, 2.24) is 4.90 Å². The van der Waals surface area contributed by atoms with Gasteiger partial charge in [-0.15, -0.1) is 5.11 Å². The maximum Gasteiger partial charge on any atom is 0.218 e. The van der Waals surface area contributed by atoms with E-state index in [0.29, 0.717) is 5.11 Å². The highest BCUT2D eigenvalue weighted by Crippen LogP contribution is 2.30. The van der Waals surface area contributed by atoms with Crippen molar-refractivity contribution < 1.29 is 0 Å². The lowest BCUT2D eigenvalue weighted by Crippen LogP contribution is -2.26. The van der Waals surface area contributed by atoms with E-state index in [4.69, 9.17) is 12.2 Å². The molecular weight excluding hydrogens is 242 g/mol. The molecule has 96 valence electrons. The SMILES string of the molecule is CCN1C(=S)N=NC1c1ccc(C(C)(C)C)cc1. The van der Waals surface area contributed by atoms with E-state index in [1.54, 1.807) is 0 Å². The summed E-state index contributed by atoms with van der Waals surface area (Å²) >= 11 is 5.17. The number of thiocarbonyl (C=S) groups is 1. The second kappa shape index (κ2) is 4.76. The largest absolute Gasteiger partial charge is 0.319 e. The molecule has 0 N–H and O–H groups in total. The second-order valence-corrected chi connectivity index (χ2v) is 5.89. The van der Waals surface area contributed by atoms with Crippen LogP contribution in [-0.2, 0) is 5.41 Å². The third kappa shape index (κ3) is 2.43. The summed E-state index contributed by atoms with van der Waals surface area (Å²) in [5.74, 6) is 0. The molecule has 0 spiro atoms. The molecule has 1 aromatic rings. The van der Waals surface area contributed by atoms with E-state index in [9.17, 15) is 0 Å². The first-order valence-corrected chi connectivity index (χ1v) is 6.66. The first-order chi connectivity index (χ1) is 8.43. The maximum absolute atomic E-state index is 5.17. The van der Waals surface area contributed by atoms with Gasteiger partial charge in [0.25, 0.3) is 0 Å². The summed E-state index contributed by atoms with van der Waals surface area (Å²) in [5, 5.41) is 8.83. The molecule has 0 aliphatic carbocycles. The smallest absolute Gasteiger partial charge is 0.218 e. The van der Waals surface area contributed by atoms with Crippen LogP contribution in [-0.4, -0.2) is 16.6 Å². The van der Waals surface area contributed by atoms with Gasteiger partial charge in [-0.25, -0.2) is 0 Å². The summed E-state index contributed by atoms with van der Waals surface area (Å²) in [6, 6.07) is 8.59. The van der Waals surface area contributed by atoms with Crippen molar-refractivity contribution in [3.05, 3.63) is 35.4 Å². The molecule has 0 saturated heterocycles. The fraction of sp³-hybridized carbons (Fsp3) is 0.500. The van der Waals surface area contributed by atoms with Crippen LogP contribution in [0.25, 0.3) is 0 Å². The minimum Gasteiger partial charge on any atom is -0.319 e. The summed E-state index contributed by atoms with van der Waals surface area (Å²) < 4.78 is 0. The van der Waals surface area contributed by atoms with E-state index < -0.39 is 0 Å². The fourth-order valence-electron chi connectivity index (χ4n) is 2.04. The second-order valence-electron chi connectivity index (χ2n) is 5.53. The van der Waals surface area contributed by atoms with Crippen LogP contribution in [0, 0.1) is 0 Å². The van der Waals surface area contributed by atoms with Crippen molar-refractivity contribution in [1.29, 1.82) is 0 Å². The van der Waals surface area contributed by atoms with Gasteiger partial charge in [-0.1, -0.05) is 45.0 Å². The molecule has 2 rings (SSSR count). The van der Waals surface area contributed by atoms with E-state index in [2.05, 4.69) is 62.2 Å². The van der Waals surface area contributed by atoms with Gasteiger partial charge < -0.3 is 4.90 Å². The molecule has 0 bridgehead atoms. The number of benzene rings is 1. The first kappa shape index (κ1) is 13.1. The molecule has 1 unspecified atom stereocenters. The Balaban J connectivity index is 2.25. The Morgan fingerprint density at radius 3 is 2.33 bits per heavy atom. The minimum absolute atomic E-state index is 0.0449. The molecule has 1 aliphatic rings. The lowest BCUT2D eigenvalue weighted by atomic mass is 9.86. The number of azo groups is 1. The minimum atomic E-state index is -0.0449. The molecule has 0 saturated carbocycles. The average molecular weight is 261 g/mol. The van der Waals surface area contributed by atoms with Crippen molar-refractivity contribution in [3.8, 4) is 0 Å². The molecule has 1 aromatic carbocycles. The Morgan fingerprint density at radius 1 is 1.22 bits per heavy atom. The van der Waals surface area contributed by atoms with Gasteiger partial charge in [-0.3, -0.25) is 0 Å². The Bertz CT molecular complexity index is 471.